The molecule has 2 aromatic heterocycles. The Morgan fingerprint density at radius 3 is 2.47 bits per heavy atom. The van der Waals surface area contributed by atoms with Crippen LogP contribution in [0, 0.1) is 6.92 Å². The number of hydrogen-bond donors (Lipinski definition) is 1. The predicted octanol–water partition coefficient (Wildman–Crippen LogP) is 7.47. The summed E-state index contributed by atoms with van der Waals surface area (Å²) in [6, 6.07) is 15.5. The van der Waals surface area contributed by atoms with Gasteiger partial charge in [0.25, 0.3) is 0 Å². The molecule has 1 atom stereocenters. The number of benzene rings is 2. The van der Waals surface area contributed by atoms with E-state index in [-0.39, 0.29) is 12.1 Å². The molecule has 3 heterocycles. The first-order valence-corrected chi connectivity index (χ1v) is 13.0. The third kappa shape index (κ3) is 5.22. The predicted molar refractivity (Wildman–Crippen MR) is 146 cm³/mol. The molecular weight excluding hydrogens is 511 g/mol. The van der Waals surface area contributed by atoms with E-state index in [9.17, 15) is 18.0 Å². The van der Waals surface area contributed by atoms with Gasteiger partial charge >= 0.3 is 12.2 Å². The van der Waals surface area contributed by atoms with E-state index in [1.807, 2.05) is 55.4 Å². The van der Waals surface area contributed by atoms with Crippen LogP contribution in [0.3, 0.4) is 0 Å². The molecule has 0 radical (unpaired) electrons. The normalized spacial score (nSPS) is 15.7. The molecule has 0 spiro atoms. The second kappa shape index (κ2) is 10.1. The Bertz CT molecular complexity index is 1490. The average molecular weight is 538 g/mol. The largest absolute Gasteiger partial charge is 0.416 e. The number of fused-ring (bicyclic) bond motifs is 1. The van der Waals surface area contributed by atoms with E-state index in [0.29, 0.717) is 35.7 Å². The number of rotatable bonds is 3. The first-order valence-electron chi connectivity index (χ1n) is 12.1. The minimum atomic E-state index is -4.46. The maximum atomic E-state index is 13.7. The molecule has 196 valence electrons. The second-order valence-corrected chi connectivity index (χ2v) is 10.4. The molecule has 6 nitrogen and oxygen atoms in total. The number of nitrogens with one attached hydrogen (secondary N) is 1. The van der Waals surface area contributed by atoms with Crippen molar-refractivity contribution in [2.75, 3.05) is 28.7 Å². The molecule has 0 aliphatic carbocycles. The molecule has 0 saturated carbocycles. The maximum Gasteiger partial charge on any atom is 0.416 e. The fraction of sp³-hybridized carbons (Fsp3) is 0.250. The summed E-state index contributed by atoms with van der Waals surface area (Å²) in [7, 11) is 1.91. The van der Waals surface area contributed by atoms with Crippen LogP contribution >= 0.6 is 11.3 Å². The van der Waals surface area contributed by atoms with Gasteiger partial charge in [0, 0.05) is 41.8 Å². The van der Waals surface area contributed by atoms with E-state index < -0.39 is 11.7 Å². The molecule has 1 aliphatic rings. The third-order valence-electron chi connectivity index (χ3n) is 6.55. The van der Waals surface area contributed by atoms with Crippen LogP contribution < -0.4 is 15.1 Å². The molecule has 2 aromatic carbocycles. The van der Waals surface area contributed by atoms with Gasteiger partial charge in [-0.15, -0.1) is 11.3 Å². The highest BCUT2D eigenvalue weighted by Crippen LogP contribution is 2.37. The number of aromatic nitrogens is 2. The molecule has 1 aliphatic heterocycles. The minimum Gasteiger partial charge on any atom is -0.372 e. The van der Waals surface area contributed by atoms with E-state index in [1.165, 1.54) is 6.07 Å². The maximum absolute atomic E-state index is 13.7. The van der Waals surface area contributed by atoms with Crippen LogP contribution in [-0.4, -0.2) is 35.6 Å². The molecule has 0 fully saturated rings. The number of urea groups is 1. The third-order valence-corrected chi connectivity index (χ3v) is 7.32. The summed E-state index contributed by atoms with van der Waals surface area (Å²) in [5.74, 6) is 0.399. The van der Waals surface area contributed by atoms with Crippen molar-refractivity contribution < 1.29 is 18.0 Å². The number of amides is 2. The van der Waals surface area contributed by atoms with E-state index in [2.05, 4.69) is 10.3 Å². The highest BCUT2D eigenvalue weighted by Gasteiger charge is 2.32. The van der Waals surface area contributed by atoms with E-state index in [4.69, 9.17) is 4.98 Å². The number of hydrogen-bond acceptors (Lipinski definition) is 5. The van der Waals surface area contributed by atoms with Crippen LogP contribution in [0.1, 0.15) is 23.9 Å². The lowest BCUT2D eigenvalue weighted by Gasteiger charge is -2.28. The van der Waals surface area contributed by atoms with E-state index >= 15 is 0 Å². The topological polar surface area (TPSA) is 61.4 Å². The Balaban J connectivity index is 1.50. The van der Waals surface area contributed by atoms with Crippen molar-refractivity contribution in [1.29, 1.82) is 0 Å². The van der Waals surface area contributed by atoms with Gasteiger partial charge in [0.2, 0.25) is 0 Å². The molecule has 38 heavy (non-hydrogen) atoms. The Hall–Kier alpha value is -3.92. The lowest BCUT2D eigenvalue weighted by atomic mass is 10.1. The molecule has 2 amide bonds. The standard InChI is InChI=1S/C28H26F3N5OS/c1-17-12-13-35(3)25-11-10-23(19-6-4-8-21(14-19)28(29,30)31)34-26(25)36(17)27(37)33-22-9-5-7-20(15-22)24-16-38-18(2)32-24/h4-11,14-17H,12-13H2,1-3H3,(H,33,37)/t17-/m1/s1. The van der Waals surface area contributed by atoms with Gasteiger partial charge in [-0.3, -0.25) is 4.90 Å². The summed E-state index contributed by atoms with van der Waals surface area (Å²) in [6.45, 7) is 4.58. The van der Waals surface area contributed by atoms with Gasteiger partial charge < -0.3 is 10.2 Å². The number of carbonyl (C=O) groups excluding carboxylic acids is 1. The molecule has 0 saturated heterocycles. The SMILES string of the molecule is Cc1nc(-c2cccc(NC(=O)N3c4nc(-c5cccc(C(F)(F)F)c5)ccc4N(C)CC[C@H]3C)c2)cs1. The monoisotopic (exact) mass is 537 g/mol. The fourth-order valence-corrected chi connectivity index (χ4v) is 5.13. The van der Waals surface area contributed by atoms with Crippen LogP contribution in [-0.2, 0) is 6.18 Å². The van der Waals surface area contributed by atoms with E-state index in [1.54, 1.807) is 34.4 Å². The van der Waals surface area contributed by atoms with Gasteiger partial charge in [-0.05, 0) is 56.7 Å². The Morgan fingerprint density at radius 2 is 1.76 bits per heavy atom. The van der Waals surface area contributed by atoms with Gasteiger partial charge in [0.15, 0.2) is 5.82 Å². The van der Waals surface area contributed by atoms with Gasteiger partial charge in [-0.1, -0.05) is 24.3 Å². The summed E-state index contributed by atoms with van der Waals surface area (Å²) >= 11 is 1.56. The number of carbonyl (C=O) groups is 1. The van der Waals surface area contributed by atoms with Crippen LogP contribution in [0.25, 0.3) is 22.5 Å². The first-order chi connectivity index (χ1) is 18.1. The zero-order valence-electron chi connectivity index (χ0n) is 21.1. The number of halogens is 3. The minimum absolute atomic E-state index is 0.202. The van der Waals surface area contributed by atoms with Crippen molar-refractivity contribution in [3.63, 3.8) is 0 Å². The summed E-state index contributed by atoms with van der Waals surface area (Å²) in [5, 5.41) is 5.91. The Kier molecular flexibility index (Phi) is 6.83. The number of thiazole rings is 1. The van der Waals surface area contributed by atoms with Crippen molar-refractivity contribution in [1.82, 2.24) is 9.97 Å². The van der Waals surface area contributed by atoms with Crippen molar-refractivity contribution in [2.45, 2.75) is 32.5 Å². The Labute approximate surface area is 222 Å². The highest BCUT2D eigenvalue weighted by molar-refractivity contribution is 7.09. The molecule has 0 bridgehead atoms. The zero-order chi connectivity index (χ0) is 27.0. The number of nitrogens with zero attached hydrogens (tertiary/aromatic N) is 4. The molecule has 0 unspecified atom stereocenters. The number of pyridine rings is 1. The second-order valence-electron chi connectivity index (χ2n) is 9.31. The zero-order valence-corrected chi connectivity index (χ0v) is 21.9. The Morgan fingerprint density at radius 1 is 1.03 bits per heavy atom. The van der Waals surface area contributed by atoms with Crippen LogP contribution in [0.4, 0.5) is 35.2 Å². The van der Waals surface area contributed by atoms with E-state index in [0.717, 1.165) is 34.1 Å². The van der Waals surface area contributed by atoms with Crippen LogP contribution in [0.15, 0.2) is 66.0 Å². The van der Waals surface area contributed by atoms with Crippen molar-refractivity contribution in [3.05, 3.63) is 76.6 Å². The molecule has 10 heteroatoms. The summed E-state index contributed by atoms with van der Waals surface area (Å²) in [6.07, 6.45) is -3.77. The lowest BCUT2D eigenvalue weighted by Crippen LogP contribution is -2.42. The summed E-state index contributed by atoms with van der Waals surface area (Å²) in [5.41, 5.74) is 3.00. The summed E-state index contributed by atoms with van der Waals surface area (Å²) < 4.78 is 40.0. The average Bonchev–Trinajstić information content (AvgIpc) is 3.28. The van der Waals surface area contributed by atoms with Gasteiger partial charge in [-0.2, -0.15) is 13.2 Å². The molecule has 1 N–H and O–H groups in total. The van der Waals surface area contributed by atoms with Gasteiger partial charge in [0.1, 0.15) is 0 Å². The molecular formula is C28H26F3N5OS. The van der Waals surface area contributed by atoms with Gasteiger partial charge in [-0.25, -0.2) is 14.8 Å². The molecule has 4 aromatic rings. The quantitative estimate of drug-likeness (QED) is 0.295. The molecule has 5 rings (SSSR count). The number of alkyl halides is 3. The smallest absolute Gasteiger partial charge is 0.372 e. The van der Waals surface area contributed by atoms with Crippen molar-refractivity contribution >= 4 is 34.6 Å². The van der Waals surface area contributed by atoms with Crippen LogP contribution in [0.5, 0.6) is 0 Å². The first kappa shape index (κ1) is 25.7. The summed E-state index contributed by atoms with van der Waals surface area (Å²) in [4.78, 5) is 26.5. The lowest BCUT2D eigenvalue weighted by molar-refractivity contribution is -0.137. The van der Waals surface area contributed by atoms with Crippen molar-refractivity contribution in [3.8, 4) is 22.5 Å². The van der Waals surface area contributed by atoms with Gasteiger partial charge in [0.05, 0.1) is 27.6 Å². The number of anilines is 3. The highest BCUT2D eigenvalue weighted by atomic mass is 32.1. The van der Waals surface area contributed by atoms with Crippen LogP contribution in [0.2, 0.25) is 0 Å². The van der Waals surface area contributed by atoms with Crippen molar-refractivity contribution in [2.24, 2.45) is 0 Å². The fourth-order valence-electron chi connectivity index (χ4n) is 4.50. The number of aryl methyl sites for hydroxylation is 1.